The molecule has 0 aliphatic carbocycles. The van der Waals surface area contributed by atoms with Gasteiger partial charge in [-0.15, -0.1) is 0 Å². The summed E-state index contributed by atoms with van der Waals surface area (Å²) in [6.07, 6.45) is 1.91. The molecule has 1 atom stereocenters. The average molecular weight is 191 g/mol. The van der Waals surface area contributed by atoms with Gasteiger partial charge in [-0.05, 0) is 6.20 Å². The highest BCUT2D eigenvalue weighted by molar-refractivity contribution is 6.73. The van der Waals surface area contributed by atoms with Crippen LogP contribution in [0, 0.1) is 0 Å². The molecule has 2 heterocycles. The van der Waals surface area contributed by atoms with Crippen LogP contribution in [-0.4, -0.2) is 29.5 Å². The molecule has 0 saturated carbocycles. The molecule has 1 unspecified atom stereocenters. The lowest BCUT2D eigenvalue weighted by Crippen LogP contribution is -2.32. The molecule has 7 heteroatoms. The molecule has 72 valence electrons. The topological polar surface area (TPSA) is 30.4 Å². The van der Waals surface area contributed by atoms with Crippen molar-refractivity contribution in [3.8, 4) is 0 Å². The van der Waals surface area contributed by atoms with Crippen LogP contribution in [0.4, 0.5) is 12.9 Å². The van der Waals surface area contributed by atoms with E-state index in [9.17, 15) is 12.9 Å². The van der Waals surface area contributed by atoms with Gasteiger partial charge in [0.05, 0.1) is 13.2 Å². The van der Waals surface area contributed by atoms with Crippen molar-refractivity contribution in [3.05, 3.63) is 12.4 Å². The van der Waals surface area contributed by atoms with E-state index < -0.39 is 12.4 Å². The summed E-state index contributed by atoms with van der Waals surface area (Å²) in [5.74, 6) is 0. The van der Waals surface area contributed by atoms with Gasteiger partial charge in [0, 0.05) is 6.20 Å². The van der Waals surface area contributed by atoms with E-state index in [2.05, 4.69) is 5.10 Å². The van der Waals surface area contributed by atoms with Gasteiger partial charge in [0.25, 0.3) is 0 Å². The van der Waals surface area contributed by atoms with Gasteiger partial charge in [-0.2, -0.15) is 5.10 Å². The number of nitrogens with zero attached hydrogens (tertiary/aromatic N) is 2. The molecule has 0 radical (unpaired) electrons. The van der Waals surface area contributed by atoms with Crippen molar-refractivity contribution in [1.29, 1.82) is 0 Å². The molecule has 1 aliphatic heterocycles. The normalized spacial score (nSPS) is 21.9. The van der Waals surface area contributed by atoms with Crippen molar-refractivity contribution in [2.75, 3.05) is 6.61 Å². The van der Waals surface area contributed by atoms with Crippen LogP contribution >= 0.6 is 0 Å². The highest BCUT2D eigenvalue weighted by Gasteiger charge is 2.28. The molecule has 1 aliphatic rings. The van der Waals surface area contributed by atoms with Gasteiger partial charge in [0.1, 0.15) is 6.10 Å². The second-order valence-corrected chi connectivity index (χ2v) is 3.03. The molecule has 0 spiro atoms. The fourth-order valence-corrected chi connectivity index (χ4v) is 1.03. The Hall–Kier alpha value is -0.975. The van der Waals surface area contributed by atoms with Crippen LogP contribution in [0.3, 0.4) is 0 Å². The zero-order valence-corrected chi connectivity index (χ0v) is 6.66. The van der Waals surface area contributed by atoms with Crippen LogP contribution in [0.25, 0.3) is 0 Å². The quantitative estimate of drug-likeness (QED) is 0.509. The lowest BCUT2D eigenvalue weighted by molar-refractivity contribution is 0.373. The van der Waals surface area contributed by atoms with Crippen molar-refractivity contribution in [1.82, 2.24) is 9.78 Å². The summed E-state index contributed by atoms with van der Waals surface area (Å²) in [7, 11) is 0. The highest BCUT2D eigenvalue weighted by atomic mass is 19.4. The van der Waals surface area contributed by atoms with Gasteiger partial charge in [0.15, 0.2) is 0 Å². The number of epoxide rings is 1. The second kappa shape index (κ2) is 2.76. The smallest absolute Gasteiger partial charge is 0.445 e. The van der Waals surface area contributed by atoms with E-state index in [-0.39, 0.29) is 6.10 Å². The van der Waals surface area contributed by atoms with Crippen molar-refractivity contribution in [2.45, 2.75) is 12.6 Å². The largest absolute Gasteiger partial charge is 0.512 e. The van der Waals surface area contributed by atoms with Crippen LogP contribution in [0.5, 0.6) is 0 Å². The zero-order chi connectivity index (χ0) is 9.47. The van der Waals surface area contributed by atoms with E-state index in [4.69, 9.17) is 4.74 Å². The molecular formula is C6H7BF3N2O-. The van der Waals surface area contributed by atoms with Crippen LogP contribution in [0.2, 0.25) is 0 Å². The summed E-state index contributed by atoms with van der Waals surface area (Å²) in [4.78, 5) is 0. The number of hydrogen-bond acceptors (Lipinski definition) is 2. The van der Waals surface area contributed by atoms with Crippen molar-refractivity contribution < 1.29 is 17.7 Å². The van der Waals surface area contributed by atoms with E-state index in [1.807, 2.05) is 0 Å². The van der Waals surface area contributed by atoms with Gasteiger partial charge >= 0.3 is 6.98 Å². The molecule has 1 aromatic heterocycles. The van der Waals surface area contributed by atoms with Gasteiger partial charge in [0.2, 0.25) is 0 Å². The molecule has 13 heavy (non-hydrogen) atoms. The predicted molar refractivity (Wildman–Crippen MR) is 40.7 cm³/mol. The number of ether oxygens (including phenoxy) is 1. The molecule has 1 aromatic rings. The maximum atomic E-state index is 12.1. The van der Waals surface area contributed by atoms with Crippen LogP contribution in [-0.2, 0) is 11.3 Å². The Labute approximate surface area is 72.5 Å². The maximum absolute atomic E-state index is 12.1. The Bertz CT molecular complexity index is 307. The van der Waals surface area contributed by atoms with Crippen LogP contribution in [0.1, 0.15) is 0 Å². The van der Waals surface area contributed by atoms with E-state index in [0.29, 0.717) is 13.2 Å². The summed E-state index contributed by atoms with van der Waals surface area (Å²) in [5.41, 5.74) is -0.652. The first-order chi connectivity index (χ1) is 6.05. The van der Waals surface area contributed by atoms with Crippen LogP contribution < -0.4 is 5.46 Å². The van der Waals surface area contributed by atoms with E-state index in [1.165, 1.54) is 4.68 Å². The Balaban J connectivity index is 2.08. The minimum Gasteiger partial charge on any atom is -0.445 e. The number of rotatable bonds is 3. The lowest BCUT2D eigenvalue weighted by Gasteiger charge is -2.09. The lowest BCUT2D eigenvalue weighted by atomic mass is 9.83. The minimum absolute atomic E-state index is 0.0495. The van der Waals surface area contributed by atoms with Gasteiger partial charge in [-0.25, -0.2) is 0 Å². The Morgan fingerprint density at radius 1 is 1.62 bits per heavy atom. The molecule has 1 fully saturated rings. The first-order valence-electron chi connectivity index (χ1n) is 3.89. The average Bonchev–Trinajstić information content (AvgIpc) is 2.63. The minimum atomic E-state index is -4.92. The monoisotopic (exact) mass is 191 g/mol. The third-order valence-corrected chi connectivity index (χ3v) is 1.82. The zero-order valence-electron chi connectivity index (χ0n) is 6.66. The fourth-order valence-electron chi connectivity index (χ4n) is 1.03. The Morgan fingerprint density at radius 3 is 2.77 bits per heavy atom. The van der Waals surface area contributed by atoms with Crippen LogP contribution in [0.15, 0.2) is 12.4 Å². The van der Waals surface area contributed by atoms with E-state index in [0.717, 1.165) is 12.4 Å². The van der Waals surface area contributed by atoms with Crippen molar-refractivity contribution in [3.63, 3.8) is 0 Å². The van der Waals surface area contributed by atoms with E-state index in [1.54, 1.807) is 0 Å². The summed E-state index contributed by atoms with van der Waals surface area (Å²) in [6, 6.07) is 0. The number of hydrogen-bond donors (Lipinski definition) is 0. The second-order valence-electron chi connectivity index (χ2n) is 3.03. The van der Waals surface area contributed by atoms with Gasteiger partial charge in [-0.3, -0.25) is 4.68 Å². The third kappa shape index (κ3) is 2.03. The molecule has 0 aromatic carbocycles. The van der Waals surface area contributed by atoms with Gasteiger partial charge in [-0.1, -0.05) is 5.46 Å². The molecule has 0 N–H and O–H groups in total. The summed E-state index contributed by atoms with van der Waals surface area (Å²) in [5, 5.41) is 3.60. The molecular weight excluding hydrogens is 184 g/mol. The molecule has 2 rings (SSSR count). The first kappa shape index (κ1) is 8.62. The fraction of sp³-hybridized carbons (Fsp3) is 0.500. The maximum Gasteiger partial charge on any atom is 0.512 e. The molecule has 0 bridgehead atoms. The van der Waals surface area contributed by atoms with Crippen molar-refractivity contribution in [2.24, 2.45) is 0 Å². The molecule has 3 nitrogen and oxygen atoms in total. The number of aromatic nitrogens is 2. The Kier molecular flexibility index (Phi) is 1.83. The number of halogens is 3. The highest BCUT2D eigenvalue weighted by Crippen LogP contribution is 2.12. The summed E-state index contributed by atoms with van der Waals surface area (Å²) >= 11 is 0. The van der Waals surface area contributed by atoms with Gasteiger partial charge < -0.3 is 17.7 Å². The summed E-state index contributed by atoms with van der Waals surface area (Å²) in [6.45, 7) is -3.89. The van der Waals surface area contributed by atoms with Crippen molar-refractivity contribution >= 4 is 12.4 Å². The molecule has 0 amide bonds. The standard InChI is InChI=1S/C6H7BF3N2O/c8-7(9,10)5-1-11-12(2-5)3-6-4-13-6/h1-2,6H,3-4H2/q-1. The SMILES string of the molecule is F[B-](F)(F)c1cnn(CC2CO2)c1. The third-order valence-electron chi connectivity index (χ3n) is 1.82. The predicted octanol–water partition coefficient (Wildman–Crippen LogP) is 0.336. The summed E-state index contributed by atoms with van der Waals surface area (Å²) < 4.78 is 42.5. The van der Waals surface area contributed by atoms with E-state index >= 15 is 0 Å². The molecule has 1 saturated heterocycles. The Morgan fingerprint density at radius 2 is 2.31 bits per heavy atom. The first-order valence-corrected chi connectivity index (χ1v) is 3.89.